The van der Waals surface area contributed by atoms with Gasteiger partial charge in [0.1, 0.15) is 0 Å². The van der Waals surface area contributed by atoms with Gasteiger partial charge in [0.25, 0.3) is 0 Å². The van der Waals surface area contributed by atoms with Gasteiger partial charge in [-0.05, 0) is 18.2 Å². The first-order chi connectivity index (χ1) is 9.05. The lowest BCUT2D eigenvalue weighted by molar-refractivity contribution is -0.137. The number of hydrogen-bond donors (Lipinski definition) is 3. The molecule has 0 saturated heterocycles. The van der Waals surface area contributed by atoms with Crippen molar-refractivity contribution in [3.8, 4) is 0 Å². The molecule has 0 aliphatic carbocycles. The molecule has 0 heterocycles. The van der Waals surface area contributed by atoms with E-state index in [0.29, 0.717) is 6.07 Å². The van der Waals surface area contributed by atoms with Crippen molar-refractivity contribution >= 4 is 15.5 Å². The first-order valence-electron chi connectivity index (χ1n) is 5.50. The van der Waals surface area contributed by atoms with Gasteiger partial charge in [-0.1, -0.05) is 0 Å². The maximum Gasteiger partial charge on any atom is 0.418 e. The Kier molecular flexibility index (Phi) is 5.00. The molecule has 1 rings (SSSR count). The van der Waals surface area contributed by atoms with Gasteiger partial charge >= 0.3 is 6.18 Å². The summed E-state index contributed by atoms with van der Waals surface area (Å²) >= 11 is 0. The largest absolute Gasteiger partial charge is 0.418 e. The van der Waals surface area contributed by atoms with Gasteiger partial charge in [-0.3, -0.25) is 0 Å². The number of alkyl halides is 3. The summed E-state index contributed by atoms with van der Waals surface area (Å²) in [6.45, 7) is -0.895. The quantitative estimate of drug-likeness (QED) is 0.751. The molecular weight excluding hydrogens is 299 g/mol. The van der Waals surface area contributed by atoms with Crippen LogP contribution in [0.1, 0.15) is 5.56 Å². The van der Waals surface area contributed by atoms with Crippen LogP contribution in [0.2, 0.25) is 0 Å². The summed E-state index contributed by atoms with van der Waals surface area (Å²) in [6.07, 6.45) is -5.15. The Labute approximate surface area is 114 Å². The van der Waals surface area contributed by atoms with E-state index in [1.54, 1.807) is 0 Å². The molecule has 0 amide bonds. The number of halogens is 3. The monoisotopic (exact) mass is 313 g/mol. The van der Waals surface area contributed by atoms with Gasteiger partial charge < -0.3 is 15.5 Å². The molecule has 0 radical (unpaired) electrons. The van der Waals surface area contributed by atoms with E-state index in [0.717, 1.165) is 18.4 Å². The van der Waals surface area contributed by atoms with Crippen LogP contribution >= 0.6 is 0 Å². The lowest BCUT2D eigenvalue weighted by Gasteiger charge is -2.17. The Morgan fingerprint density at radius 3 is 2.40 bits per heavy atom. The molecule has 1 atom stereocenters. The fourth-order valence-corrected chi connectivity index (χ4v) is 2.08. The SMILES string of the molecule is CS(=O)(=O)c1ccc(NCC(O)CO)c(C(F)(F)F)c1. The van der Waals surface area contributed by atoms with Crippen molar-refractivity contribution in [2.45, 2.75) is 17.2 Å². The second-order valence-electron chi connectivity index (χ2n) is 4.19. The number of rotatable bonds is 5. The summed E-state index contributed by atoms with van der Waals surface area (Å²) in [6, 6.07) is 2.55. The minimum absolute atomic E-state index is 0.294. The smallest absolute Gasteiger partial charge is 0.394 e. The Morgan fingerprint density at radius 2 is 1.95 bits per heavy atom. The lowest BCUT2D eigenvalue weighted by Crippen LogP contribution is -2.24. The normalized spacial score (nSPS) is 14.1. The van der Waals surface area contributed by atoms with Crippen LogP contribution in [-0.4, -0.2) is 44.1 Å². The highest BCUT2D eigenvalue weighted by Gasteiger charge is 2.34. The summed E-state index contributed by atoms with van der Waals surface area (Å²) in [5.41, 5.74) is -1.51. The van der Waals surface area contributed by atoms with Crippen LogP contribution in [0, 0.1) is 0 Å². The van der Waals surface area contributed by atoms with Gasteiger partial charge in [0.2, 0.25) is 0 Å². The van der Waals surface area contributed by atoms with Crippen LogP contribution in [0.15, 0.2) is 23.1 Å². The van der Waals surface area contributed by atoms with Gasteiger partial charge in [0, 0.05) is 18.5 Å². The van der Waals surface area contributed by atoms with Crippen molar-refractivity contribution in [3.63, 3.8) is 0 Å². The maximum absolute atomic E-state index is 12.9. The van der Waals surface area contributed by atoms with Crippen molar-refractivity contribution in [1.82, 2.24) is 0 Å². The second kappa shape index (κ2) is 5.98. The average Bonchev–Trinajstić information content (AvgIpc) is 2.33. The van der Waals surface area contributed by atoms with Crippen molar-refractivity contribution in [2.75, 3.05) is 24.7 Å². The molecule has 1 unspecified atom stereocenters. The van der Waals surface area contributed by atoms with E-state index in [-0.39, 0.29) is 12.2 Å². The van der Waals surface area contributed by atoms with E-state index in [9.17, 15) is 21.6 Å². The minimum atomic E-state index is -4.74. The van der Waals surface area contributed by atoms with Crippen LogP contribution in [0.3, 0.4) is 0 Å². The lowest BCUT2D eigenvalue weighted by atomic mass is 10.1. The van der Waals surface area contributed by atoms with Gasteiger partial charge in [0.15, 0.2) is 9.84 Å². The molecule has 0 aliphatic heterocycles. The number of nitrogens with one attached hydrogen (secondary N) is 1. The van der Waals surface area contributed by atoms with E-state index >= 15 is 0 Å². The van der Waals surface area contributed by atoms with E-state index in [1.165, 1.54) is 0 Å². The van der Waals surface area contributed by atoms with Crippen LogP contribution in [0.5, 0.6) is 0 Å². The number of hydrogen-bond acceptors (Lipinski definition) is 5. The molecule has 0 aliphatic rings. The molecule has 0 aromatic heterocycles. The second-order valence-corrected chi connectivity index (χ2v) is 6.21. The molecule has 0 bridgehead atoms. The number of sulfone groups is 1. The molecule has 5 nitrogen and oxygen atoms in total. The highest BCUT2D eigenvalue weighted by atomic mass is 32.2. The summed E-state index contributed by atoms with van der Waals surface area (Å²) in [4.78, 5) is -0.446. The van der Waals surface area contributed by atoms with Crippen LogP contribution in [0.4, 0.5) is 18.9 Å². The first kappa shape index (κ1) is 16.7. The average molecular weight is 313 g/mol. The van der Waals surface area contributed by atoms with E-state index in [1.807, 2.05) is 0 Å². The van der Waals surface area contributed by atoms with E-state index in [2.05, 4.69) is 5.32 Å². The van der Waals surface area contributed by atoms with Gasteiger partial charge in [-0.2, -0.15) is 13.2 Å². The minimum Gasteiger partial charge on any atom is -0.394 e. The molecule has 3 N–H and O–H groups in total. The fraction of sp³-hybridized carbons (Fsp3) is 0.455. The third kappa shape index (κ3) is 4.36. The molecule has 0 spiro atoms. The summed E-state index contributed by atoms with van der Waals surface area (Å²) in [5, 5.41) is 20.0. The third-order valence-electron chi connectivity index (χ3n) is 2.46. The van der Waals surface area contributed by atoms with Crippen LogP contribution < -0.4 is 5.32 Å². The molecule has 9 heteroatoms. The van der Waals surface area contributed by atoms with Crippen LogP contribution in [0.25, 0.3) is 0 Å². The van der Waals surface area contributed by atoms with Gasteiger partial charge in [-0.15, -0.1) is 0 Å². The number of aliphatic hydroxyl groups excluding tert-OH is 2. The highest BCUT2D eigenvalue weighted by Crippen LogP contribution is 2.36. The molecule has 1 aromatic rings. The predicted octanol–water partition coefficient (Wildman–Crippen LogP) is 0.874. The topological polar surface area (TPSA) is 86.6 Å². The summed E-state index contributed by atoms with van der Waals surface area (Å²) in [5.74, 6) is 0. The first-order valence-corrected chi connectivity index (χ1v) is 7.39. The summed E-state index contributed by atoms with van der Waals surface area (Å²) < 4.78 is 61.2. The molecule has 20 heavy (non-hydrogen) atoms. The Bertz CT molecular complexity index is 572. The molecule has 0 saturated carbocycles. The number of benzene rings is 1. The van der Waals surface area contributed by atoms with Crippen LogP contribution in [-0.2, 0) is 16.0 Å². The fourth-order valence-electron chi connectivity index (χ4n) is 1.44. The highest BCUT2D eigenvalue weighted by molar-refractivity contribution is 7.90. The molecule has 0 fully saturated rings. The van der Waals surface area contributed by atoms with Crippen molar-refractivity contribution in [3.05, 3.63) is 23.8 Å². The summed E-state index contributed by atoms with van der Waals surface area (Å²) in [7, 11) is -3.76. The predicted molar refractivity (Wildman–Crippen MR) is 66.1 cm³/mol. The third-order valence-corrected chi connectivity index (χ3v) is 3.57. The van der Waals surface area contributed by atoms with E-state index < -0.39 is 39.2 Å². The Hall–Kier alpha value is -1.32. The zero-order chi connectivity index (χ0) is 15.6. The molecule has 1 aromatic carbocycles. The van der Waals surface area contributed by atoms with Gasteiger partial charge in [-0.25, -0.2) is 8.42 Å². The zero-order valence-electron chi connectivity index (χ0n) is 10.5. The van der Waals surface area contributed by atoms with Crippen molar-refractivity contribution < 1.29 is 31.8 Å². The molecular formula is C11H14F3NO4S. The zero-order valence-corrected chi connectivity index (χ0v) is 11.3. The van der Waals surface area contributed by atoms with Gasteiger partial charge in [0.05, 0.1) is 23.2 Å². The Balaban J connectivity index is 3.18. The standard InChI is InChI=1S/C11H14F3NO4S/c1-20(18,19)8-2-3-10(15-5-7(17)6-16)9(4-8)11(12,13)14/h2-4,7,15-17H,5-6H2,1H3. The van der Waals surface area contributed by atoms with Crippen molar-refractivity contribution in [1.29, 1.82) is 0 Å². The number of anilines is 1. The van der Waals surface area contributed by atoms with Crippen molar-refractivity contribution in [2.24, 2.45) is 0 Å². The van der Waals surface area contributed by atoms with E-state index in [4.69, 9.17) is 10.2 Å². The Morgan fingerprint density at radius 1 is 1.35 bits per heavy atom. The maximum atomic E-state index is 12.9. The molecule has 114 valence electrons. The number of aliphatic hydroxyl groups is 2.